The number of carbonyl (C=O) groups excluding carboxylic acids is 1. The largest absolute Gasteiger partial charge is 0.511 e. The van der Waals surface area contributed by atoms with Gasteiger partial charge in [0.1, 0.15) is 10.7 Å². The lowest BCUT2D eigenvalue weighted by molar-refractivity contribution is -0.125. The van der Waals surface area contributed by atoms with Gasteiger partial charge in [0.2, 0.25) is 0 Å². The molecule has 0 saturated carbocycles. The highest BCUT2D eigenvalue weighted by atomic mass is 32.1. The molecule has 0 fully saturated rings. The number of anilines is 1. The topological polar surface area (TPSA) is 89.8 Å². The molecule has 1 aliphatic carbocycles. The van der Waals surface area contributed by atoms with Gasteiger partial charge in [-0.25, -0.2) is 0 Å². The lowest BCUT2D eigenvalue weighted by atomic mass is 9.86. The number of aliphatic hydroxyl groups excluding tert-OH is 2. The average molecular weight is 293 g/mol. The number of allylic oxidation sites excluding steroid dienone is 1. The van der Waals surface area contributed by atoms with Gasteiger partial charge in [0.25, 0.3) is 0 Å². The van der Waals surface area contributed by atoms with Gasteiger partial charge in [0, 0.05) is 24.4 Å². The molecule has 0 radical (unpaired) electrons. The molecule has 1 aromatic rings. The van der Waals surface area contributed by atoms with E-state index < -0.39 is 12.2 Å². The van der Waals surface area contributed by atoms with Gasteiger partial charge in [-0.05, 0) is 12.1 Å². The first-order valence-corrected chi connectivity index (χ1v) is 6.57. The molecular formula is C14H15NO4S. The minimum absolute atomic E-state index is 0.0232. The quantitative estimate of drug-likeness (QED) is 0.499. The molecule has 2 rings (SSSR count). The summed E-state index contributed by atoms with van der Waals surface area (Å²) in [5, 5.41) is 31.0. The molecule has 6 heteroatoms. The van der Waals surface area contributed by atoms with Crippen LogP contribution in [0, 0.1) is 5.92 Å². The van der Waals surface area contributed by atoms with E-state index in [0.29, 0.717) is 0 Å². The van der Waals surface area contributed by atoms with Gasteiger partial charge in [-0.3, -0.25) is 4.79 Å². The molecule has 5 nitrogen and oxygen atoms in total. The maximum atomic E-state index is 12.0. The van der Waals surface area contributed by atoms with Crippen molar-refractivity contribution in [3.8, 4) is 0 Å². The Morgan fingerprint density at radius 2 is 1.90 bits per heavy atom. The smallest absolute Gasteiger partial charge is 0.169 e. The fourth-order valence-corrected chi connectivity index (χ4v) is 2.46. The number of hydrogen-bond acceptors (Lipinski definition) is 5. The van der Waals surface area contributed by atoms with E-state index in [1.807, 2.05) is 18.2 Å². The monoisotopic (exact) mass is 293 g/mol. The normalized spacial score (nSPS) is 19.4. The van der Waals surface area contributed by atoms with Crippen molar-refractivity contribution in [3.63, 3.8) is 0 Å². The summed E-state index contributed by atoms with van der Waals surface area (Å²) in [4.78, 5) is 12.1. The molecule has 1 unspecified atom stereocenters. The summed E-state index contributed by atoms with van der Waals surface area (Å²) in [6.07, 6.45) is -1.65. The molecule has 0 aliphatic heterocycles. The molecule has 4 N–H and O–H groups in total. The maximum absolute atomic E-state index is 12.0. The first kappa shape index (κ1) is 14.6. The highest BCUT2D eigenvalue weighted by Crippen LogP contribution is 2.28. The number of aliphatic hydroxyl groups is 3. The third-order valence-corrected chi connectivity index (χ3v) is 3.46. The van der Waals surface area contributed by atoms with E-state index >= 15 is 0 Å². The maximum Gasteiger partial charge on any atom is 0.169 e. The number of rotatable bonds is 3. The summed E-state index contributed by atoms with van der Waals surface area (Å²) >= 11 is 5.14. The van der Waals surface area contributed by atoms with Crippen LogP contribution >= 0.6 is 12.2 Å². The number of Topliss-reactive ketones (excluding diaryl/α,β-unsaturated/α-hetero) is 1. The first-order valence-electron chi connectivity index (χ1n) is 6.17. The molecule has 0 heterocycles. The average Bonchev–Trinajstić information content (AvgIpc) is 2.38. The number of carbonyl (C=O) groups is 1. The van der Waals surface area contributed by atoms with E-state index in [1.54, 1.807) is 12.1 Å². The number of nitrogens with one attached hydrogen (secondary N) is 1. The van der Waals surface area contributed by atoms with Crippen molar-refractivity contribution in [2.45, 2.75) is 19.1 Å². The number of ketones is 1. The van der Waals surface area contributed by atoms with Crippen molar-refractivity contribution >= 4 is 28.7 Å². The SMILES string of the molecule is O=C1CC(C(O)O)CC(O)=C1C(=S)Nc1ccccc1. The molecule has 0 bridgehead atoms. The van der Waals surface area contributed by atoms with Crippen LogP contribution in [0.25, 0.3) is 0 Å². The predicted molar refractivity (Wildman–Crippen MR) is 78.3 cm³/mol. The minimum Gasteiger partial charge on any atom is -0.511 e. The molecular weight excluding hydrogens is 278 g/mol. The van der Waals surface area contributed by atoms with Crippen molar-refractivity contribution < 1.29 is 20.1 Å². The molecule has 0 spiro atoms. The molecule has 0 aromatic heterocycles. The van der Waals surface area contributed by atoms with Crippen LogP contribution in [-0.2, 0) is 4.79 Å². The third kappa shape index (κ3) is 3.22. The molecule has 0 amide bonds. The summed E-state index contributed by atoms with van der Waals surface area (Å²) in [7, 11) is 0. The predicted octanol–water partition coefficient (Wildman–Crippen LogP) is 1.53. The van der Waals surface area contributed by atoms with Crippen LogP contribution in [0.4, 0.5) is 5.69 Å². The van der Waals surface area contributed by atoms with Crippen molar-refractivity contribution in [2.75, 3.05) is 5.32 Å². The van der Waals surface area contributed by atoms with Crippen molar-refractivity contribution in [1.82, 2.24) is 0 Å². The molecule has 1 atom stereocenters. The molecule has 0 saturated heterocycles. The van der Waals surface area contributed by atoms with E-state index in [-0.39, 0.29) is 34.9 Å². The molecule has 1 aromatic carbocycles. The van der Waals surface area contributed by atoms with Gasteiger partial charge in [-0.1, -0.05) is 30.4 Å². The van der Waals surface area contributed by atoms with Crippen LogP contribution in [0.1, 0.15) is 12.8 Å². The Bertz CT molecular complexity index is 554. The highest BCUT2D eigenvalue weighted by Gasteiger charge is 2.33. The Balaban J connectivity index is 2.17. The minimum atomic E-state index is -1.63. The van der Waals surface area contributed by atoms with E-state index in [0.717, 1.165) is 5.69 Å². The Labute approximate surface area is 121 Å². The Kier molecular flexibility index (Phi) is 4.49. The number of para-hydroxylation sites is 1. The fourth-order valence-electron chi connectivity index (χ4n) is 2.11. The van der Waals surface area contributed by atoms with Gasteiger partial charge in [0.05, 0.1) is 5.57 Å². The Morgan fingerprint density at radius 1 is 1.25 bits per heavy atom. The van der Waals surface area contributed by atoms with Crippen LogP contribution < -0.4 is 5.32 Å². The molecule has 20 heavy (non-hydrogen) atoms. The number of thiocarbonyl (C=S) groups is 1. The van der Waals surface area contributed by atoms with E-state index in [9.17, 15) is 9.90 Å². The first-order chi connectivity index (χ1) is 9.49. The van der Waals surface area contributed by atoms with Gasteiger partial charge < -0.3 is 20.6 Å². The van der Waals surface area contributed by atoms with Crippen molar-refractivity contribution in [2.24, 2.45) is 5.92 Å². The summed E-state index contributed by atoms with van der Waals surface area (Å²) in [6, 6.07) is 9.07. The Hall–Kier alpha value is -1.76. The van der Waals surface area contributed by atoms with E-state index in [2.05, 4.69) is 5.32 Å². The molecule has 1 aliphatic rings. The van der Waals surface area contributed by atoms with Gasteiger partial charge >= 0.3 is 0 Å². The van der Waals surface area contributed by atoms with Crippen molar-refractivity contribution in [3.05, 3.63) is 41.7 Å². The zero-order chi connectivity index (χ0) is 14.7. The summed E-state index contributed by atoms with van der Waals surface area (Å²) in [6.45, 7) is 0. The standard InChI is InChI=1S/C14H15NO4S/c16-10-6-8(14(18)19)7-11(17)12(10)13(20)15-9-4-2-1-3-5-9/h1-5,8,14,16,18-19H,6-7H2,(H,15,20). The van der Waals surface area contributed by atoms with Crippen LogP contribution in [0.3, 0.4) is 0 Å². The van der Waals surface area contributed by atoms with Gasteiger partial charge in [0.15, 0.2) is 12.1 Å². The van der Waals surface area contributed by atoms with Gasteiger partial charge in [-0.15, -0.1) is 0 Å². The summed E-state index contributed by atoms with van der Waals surface area (Å²) in [5.41, 5.74) is 0.774. The number of benzene rings is 1. The van der Waals surface area contributed by atoms with Gasteiger partial charge in [-0.2, -0.15) is 0 Å². The summed E-state index contributed by atoms with van der Waals surface area (Å²) < 4.78 is 0. The second-order valence-electron chi connectivity index (χ2n) is 4.65. The second kappa shape index (κ2) is 6.13. The highest BCUT2D eigenvalue weighted by molar-refractivity contribution is 7.81. The van der Waals surface area contributed by atoms with Crippen LogP contribution in [0.5, 0.6) is 0 Å². The zero-order valence-corrected chi connectivity index (χ0v) is 11.4. The Morgan fingerprint density at radius 3 is 2.45 bits per heavy atom. The third-order valence-electron chi connectivity index (χ3n) is 3.15. The summed E-state index contributed by atoms with van der Waals surface area (Å²) in [5.74, 6) is -1.28. The van der Waals surface area contributed by atoms with Crippen LogP contribution in [0.2, 0.25) is 0 Å². The number of hydrogen-bond donors (Lipinski definition) is 4. The van der Waals surface area contributed by atoms with E-state index in [1.165, 1.54) is 0 Å². The second-order valence-corrected chi connectivity index (χ2v) is 5.06. The van der Waals surface area contributed by atoms with Crippen molar-refractivity contribution in [1.29, 1.82) is 0 Å². The lowest BCUT2D eigenvalue weighted by Crippen LogP contribution is -2.32. The lowest BCUT2D eigenvalue weighted by Gasteiger charge is -2.25. The van der Waals surface area contributed by atoms with Crippen LogP contribution in [-0.4, -0.2) is 32.4 Å². The molecule has 106 valence electrons. The van der Waals surface area contributed by atoms with E-state index in [4.69, 9.17) is 22.4 Å². The zero-order valence-electron chi connectivity index (χ0n) is 10.6. The fraction of sp³-hybridized carbons (Fsp3) is 0.286. The van der Waals surface area contributed by atoms with Crippen LogP contribution in [0.15, 0.2) is 41.7 Å².